The molecule has 4 nitrogen and oxygen atoms in total. The lowest BCUT2D eigenvalue weighted by atomic mass is 9.95. The number of aliphatic imine (C=N–C) groups is 1. The van der Waals surface area contributed by atoms with E-state index in [1.807, 2.05) is 18.4 Å². The number of hydrogen-bond acceptors (Lipinski definition) is 3. The highest BCUT2D eigenvalue weighted by Gasteiger charge is 2.20. The Hall–Kier alpha value is -1.07. The highest BCUT2D eigenvalue weighted by Crippen LogP contribution is 2.20. The Bertz CT molecular complexity index is 485. The molecule has 2 N–H and O–H groups in total. The Morgan fingerprint density at radius 2 is 2.00 bits per heavy atom. The average Bonchev–Trinajstić information content (AvgIpc) is 3.14. The van der Waals surface area contributed by atoms with E-state index in [4.69, 9.17) is 0 Å². The molecule has 2 aliphatic rings. The molecule has 2 heterocycles. The molecule has 134 valence electrons. The Kier molecular flexibility index (Phi) is 6.97. The maximum Gasteiger partial charge on any atom is 0.191 e. The zero-order valence-corrected chi connectivity index (χ0v) is 15.8. The molecule has 1 aliphatic heterocycles. The topological polar surface area (TPSA) is 39.7 Å². The van der Waals surface area contributed by atoms with Gasteiger partial charge in [0.15, 0.2) is 5.96 Å². The minimum Gasteiger partial charge on any atom is -0.356 e. The maximum absolute atomic E-state index is 4.42. The predicted molar refractivity (Wildman–Crippen MR) is 104 cm³/mol. The Morgan fingerprint density at radius 1 is 1.21 bits per heavy atom. The molecule has 0 aromatic carbocycles. The molecule has 1 saturated heterocycles. The van der Waals surface area contributed by atoms with Gasteiger partial charge >= 0.3 is 0 Å². The molecule has 0 bridgehead atoms. The van der Waals surface area contributed by atoms with Crippen molar-refractivity contribution in [1.29, 1.82) is 0 Å². The molecule has 1 aliphatic carbocycles. The minimum atomic E-state index is 0.623. The fourth-order valence-electron chi connectivity index (χ4n) is 3.85. The van der Waals surface area contributed by atoms with Crippen LogP contribution in [0.15, 0.2) is 22.5 Å². The number of nitrogens with zero attached hydrogens (tertiary/aromatic N) is 2. The van der Waals surface area contributed by atoms with Gasteiger partial charge < -0.3 is 10.6 Å². The zero-order chi connectivity index (χ0) is 16.6. The van der Waals surface area contributed by atoms with Gasteiger partial charge in [0.25, 0.3) is 0 Å². The summed E-state index contributed by atoms with van der Waals surface area (Å²) >= 11 is 1.87. The van der Waals surface area contributed by atoms with Crippen LogP contribution < -0.4 is 10.6 Å². The van der Waals surface area contributed by atoms with Crippen LogP contribution in [-0.4, -0.2) is 43.6 Å². The number of thiophene rings is 1. The average molecular weight is 349 g/mol. The molecule has 1 saturated carbocycles. The number of guanidine groups is 1. The maximum atomic E-state index is 4.42. The van der Waals surface area contributed by atoms with Gasteiger partial charge in [-0.2, -0.15) is 0 Å². The van der Waals surface area contributed by atoms with Crippen LogP contribution in [0, 0.1) is 5.92 Å². The molecule has 0 unspecified atom stereocenters. The summed E-state index contributed by atoms with van der Waals surface area (Å²) < 4.78 is 0. The largest absolute Gasteiger partial charge is 0.356 e. The normalized spacial score (nSPS) is 21.8. The molecule has 1 aromatic heterocycles. The molecular formula is C19H32N4S. The van der Waals surface area contributed by atoms with Gasteiger partial charge in [-0.05, 0) is 56.1 Å². The third-order valence-corrected chi connectivity index (χ3v) is 6.26. The van der Waals surface area contributed by atoms with Crippen molar-refractivity contribution < 1.29 is 0 Å². The first-order valence-electron chi connectivity index (χ1n) is 9.55. The van der Waals surface area contributed by atoms with E-state index in [0.717, 1.165) is 25.0 Å². The van der Waals surface area contributed by atoms with Crippen molar-refractivity contribution in [2.75, 3.05) is 26.7 Å². The van der Waals surface area contributed by atoms with E-state index in [1.165, 1.54) is 62.9 Å². The van der Waals surface area contributed by atoms with Crippen molar-refractivity contribution in [3.8, 4) is 0 Å². The molecule has 0 amide bonds. The molecule has 0 spiro atoms. The molecule has 3 rings (SSSR count). The minimum absolute atomic E-state index is 0.623. The number of hydrogen-bond donors (Lipinski definition) is 2. The van der Waals surface area contributed by atoms with Gasteiger partial charge in [-0.1, -0.05) is 25.3 Å². The molecule has 1 aromatic rings. The second-order valence-corrected chi connectivity index (χ2v) is 8.26. The summed E-state index contributed by atoms with van der Waals surface area (Å²) in [6.07, 6.45) is 9.28. The Balaban J connectivity index is 1.34. The fraction of sp³-hybridized carbons (Fsp3) is 0.737. The molecule has 24 heavy (non-hydrogen) atoms. The van der Waals surface area contributed by atoms with Crippen molar-refractivity contribution in [1.82, 2.24) is 15.5 Å². The first-order valence-corrected chi connectivity index (χ1v) is 10.4. The summed E-state index contributed by atoms with van der Waals surface area (Å²) in [4.78, 5) is 8.50. The number of piperidine rings is 1. The molecular weight excluding hydrogens is 316 g/mol. The molecule has 2 fully saturated rings. The van der Waals surface area contributed by atoms with Crippen LogP contribution in [0.4, 0.5) is 0 Å². The Labute approximate surface area is 150 Å². The smallest absolute Gasteiger partial charge is 0.191 e. The summed E-state index contributed by atoms with van der Waals surface area (Å²) in [6, 6.07) is 5.03. The standard InChI is InChI=1S/C19H32N4S/c1-20-19(22-17-6-3-2-4-7-17)21-14-16-9-11-23(12-10-16)15-18-8-5-13-24-18/h5,8,13,16-17H,2-4,6-7,9-12,14-15H2,1H3,(H2,20,21,22). The van der Waals surface area contributed by atoms with Gasteiger partial charge in [-0.15, -0.1) is 11.3 Å². The van der Waals surface area contributed by atoms with E-state index in [0.29, 0.717) is 6.04 Å². The molecule has 0 radical (unpaired) electrons. The van der Waals surface area contributed by atoms with Crippen LogP contribution in [0.25, 0.3) is 0 Å². The summed E-state index contributed by atoms with van der Waals surface area (Å²) in [6.45, 7) is 4.62. The second kappa shape index (κ2) is 9.42. The van der Waals surface area contributed by atoms with Gasteiger partial charge in [0.2, 0.25) is 0 Å². The predicted octanol–water partition coefficient (Wildman–Crippen LogP) is 3.46. The number of rotatable bonds is 5. The van der Waals surface area contributed by atoms with E-state index in [9.17, 15) is 0 Å². The summed E-state index contributed by atoms with van der Waals surface area (Å²) in [7, 11) is 1.89. The van der Waals surface area contributed by atoms with E-state index >= 15 is 0 Å². The lowest BCUT2D eigenvalue weighted by Gasteiger charge is -2.32. The van der Waals surface area contributed by atoms with Crippen LogP contribution in [0.5, 0.6) is 0 Å². The van der Waals surface area contributed by atoms with Gasteiger partial charge in [0.1, 0.15) is 0 Å². The molecule has 5 heteroatoms. The van der Waals surface area contributed by atoms with Crippen LogP contribution in [0.2, 0.25) is 0 Å². The first kappa shape index (κ1) is 17.7. The highest BCUT2D eigenvalue weighted by molar-refractivity contribution is 7.09. The van der Waals surface area contributed by atoms with Gasteiger partial charge in [0, 0.05) is 31.1 Å². The van der Waals surface area contributed by atoms with Crippen molar-refractivity contribution in [2.24, 2.45) is 10.9 Å². The zero-order valence-electron chi connectivity index (χ0n) is 15.0. The molecule has 0 atom stereocenters. The van der Waals surface area contributed by atoms with E-state index in [2.05, 4.69) is 38.0 Å². The number of likely N-dealkylation sites (tertiary alicyclic amines) is 1. The monoisotopic (exact) mass is 348 g/mol. The van der Waals surface area contributed by atoms with Gasteiger partial charge in [-0.25, -0.2) is 0 Å². The van der Waals surface area contributed by atoms with Crippen molar-refractivity contribution >= 4 is 17.3 Å². The van der Waals surface area contributed by atoms with Gasteiger partial charge in [-0.3, -0.25) is 9.89 Å². The van der Waals surface area contributed by atoms with Crippen molar-refractivity contribution in [2.45, 2.75) is 57.5 Å². The number of nitrogens with one attached hydrogen (secondary N) is 2. The second-order valence-electron chi connectivity index (χ2n) is 7.23. The third-order valence-electron chi connectivity index (χ3n) is 5.39. The van der Waals surface area contributed by atoms with Crippen LogP contribution in [0.1, 0.15) is 49.8 Å². The highest BCUT2D eigenvalue weighted by atomic mass is 32.1. The first-order chi connectivity index (χ1) is 11.8. The van der Waals surface area contributed by atoms with Crippen LogP contribution in [0.3, 0.4) is 0 Å². The summed E-state index contributed by atoms with van der Waals surface area (Å²) in [5.74, 6) is 1.78. The van der Waals surface area contributed by atoms with Gasteiger partial charge in [0.05, 0.1) is 0 Å². The van der Waals surface area contributed by atoms with E-state index in [1.54, 1.807) is 0 Å². The Morgan fingerprint density at radius 3 is 2.67 bits per heavy atom. The van der Waals surface area contributed by atoms with E-state index < -0.39 is 0 Å². The summed E-state index contributed by atoms with van der Waals surface area (Å²) in [5.41, 5.74) is 0. The fourth-order valence-corrected chi connectivity index (χ4v) is 4.59. The van der Waals surface area contributed by atoms with Crippen LogP contribution >= 0.6 is 11.3 Å². The SMILES string of the molecule is CN=C(NCC1CCN(Cc2cccs2)CC1)NC1CCCCC1. The lowest BCUT2D eigenvalue weighted by molar-refractivity contribution is 0.179. The van der Waals surface area contributed by atoms with Crippen molar-refractivity contribution in [3.05, 3.63) is 22.4 Å². The van der Waals surface area contributed by atoms with Crippen molar-refractivity contribution in [3.63, 3.8) is 0 Å². The third kappa shape index (κ3) is 5.49. The van der Waals surface area contributed by atoms with E-state index in [-0.39, 0.29) is 0 Å². The summed E-state index contributed by atoms with van der Waals surface area (Å²) in [5, 5.41) is 9.36. The van der Waals surface area contributed by atoms with Crippen LogP contribution in [-0.2, 0) is 6.54 Å². The quantitative estimate of drug-likeness (QED) is 0.632. The lowest BCUT2D eigenvalue weighted by Crippen LogP contribution is -2.46.